The molecule has 1 aliphatic carbocycles. The van der Waals surface area contributed by atoms with Crippen LogP contribution in [0, 0.1) is 5.92 Å². The molecule has 2 nitrogen and oxygen atoms in total. The number of nitrogens with two attached hydrogens (primary N) is 1. The molecule has 1 aliphatic rings. The number of anilines is 1. The lowest BCUT2D eigenvalue weighted by Crippen LogP contribution is -2.30. The van der Waals surface area contributed by atoms with Crippen molar-refractivity contribution in [3.63, 3.8) is 0 Å². The zero-order chi connectivity index (χ0) is 12.4. The van der Waals surface area contributed by atoms with Crippen LogP contribution in [0.25, 0.3) is 0 Å². The van der Waals surface area contributed by atoms with Crippen molar-refractivity contribution >= 4 is 38.8 Å². The zero-order valence-electron chi connectivity index (χ0n) is 9.95. The van der Waals surface area contributed by atoms with E-state index in [2.05, 4.69) is 33.9 Å². The molecule has 1 saturated carbocycles. The predicted molar refractivity (Wildman–Crippen MR) is 80.6 cm³/mol. The van der Waals surface area contributed by atoms with Gasteiger partial charge in [0.2, 0.25) is 0 Å². The lowest BCUT2D eigenvalue weighted by Gasteiger charge is -2.32. The molecule has 0 unspecified atom stereocenters. The van der Waals surface area contributed by atoms with E-state index in [0.29, 0.717) is 4.99 Å². The molecule has 0 spiro atoms. The minimum Gasteiger partial charge on any atom is -0.389 e. The number of halogens is 1. The van der Waals surface area contributed by atoms with Crippen LogP contribution < -0.4 is 10.6 Å². The molecule has 0 bridgehead atoms. The maximum absolute atomic E-state index is 5.77. The first-order chi connectivity index (χ1) is 8.08. The van der Waals surface area contributed by atoms with Gasteiger partial charge < -0.3 is 10.6 Å². The van der Waals surface area contributed by atoms with Crippen molar-refractivity contribution in [1.29, 1.82) is 0 Å². The molecule has 1 aromatic rings. The zero-order valence-corrected chi connectivity index (χ0v) is 12.4. The van der Waals surface area contributed by atoms with Gasteiger partial charge in [-0.05, 0) is 37.0 Å². The molecule has 2 N–H and O–H groups in total. The molecule has 0 aliphatic heterocycles. The van der Waals surface area contributed by atoms with Crippen molar-refractivity contribution in [3.05, 3.63) is 28.2 Å². The Balaban J connectivity index is 2.21. The van der Waals surface area contributed by atoms with Crippen molar-refractivity contribution < 1.29 is 0 Å². The number of thiocarbonyl (C=S) groups is 1. The van der Waals surface area contributed by atoms with Crippen LogP contribution in [0.15, 0.2) is 22.7 Å². The Morgan fingerprint density at radius 2 is 2.24 bits per heavy atom. The van der Waals surface area contributed by atoms with E-state index in [1.54, 1.807) is 0 Å². The van der Waals surface area contributed by atoms with E-state index in [0.717, 1.165) is 28.2 Å². The highest BCUT2D eigenvalue weighted by atomic mass is 79.9. The summed E-state index contributed by atoms with van der Waals surface area (Å²) < 4.78 is 1.06. The third kappa shape index (κ3) is 2.99. The summed E-state index contributed by atoms with van der Waals surface area (Å²) in [4.78, 5) is 2.73. The SMILES string of the molecule is CN(CC1CCC1)c1cc(Br)ccc1C(N)=S. The smallest absolute Gasteiger partial charge is 0.106 e. The minimum absolute atomic E-state index is 0.466. The van der Waals surface area contributed by atoms with Gasteiger partial charge in [-0.3, -0.25) is 0 Å². The van der Waals surface area contributed by atoms with Crippen LogP contribution in [0.2, 0.25) is 0 Å². The molecule has 0 aromatic heterocycles. The summed E-state index contributed by atoms with van der Waals surface area (Å²) in [5.41, 5.74) is 7.86. The van der Waals surface area contributed by atoms with E-state index in [1.807, 2.05) is 12.1 Å². The summed E-state index contributed by atoms with van der Waals surface area (Å²) in [6.07, 6.45) is 4.07. The van der Waals surface area contributed by atoms with Gasteiger partial charge in [0.05, 0.1) is 0 Å². The summed E-state index contributed by atoms with van der Waals surface area (Å²) in [7, 11) is 2.11. The second-order valence-corrected chi connectivity index (χ2v) is 6.06. The van der Waals surface area contributed by atoms with E-state index in [4.69, 9.17) is 18.0 Å². The van der Waals surface area contributed by atoms with Crippen LogP contribution in [0.3, 0.4) is 0 Å². The highest BCUT2D eigenvalue weighted by molar-refractivity contribution is 9.10. The van der Waals surface area contributed by atoms with E-state index >= 15 is 0 Å². The Morgan fingerprint density at radius 3 is 2.76 bits per heavy atom. The number of nitrogens with zero attached hydrogens (tertiary/aromatic N) is 1. The van der Waals surface area contributed by atoms with Crippen LogP contribution >= 0.6 is 28.1 Å². The highest BCUT2D eigenvalue weighted by Gasteiger charge is 2.20. The first-order valence-corrected chi connectivity index (χ1v) is 7.08. The summed E-state index contributed by atoms with van der Waals surface area (Å²) in [5, 5.41) is 0. The highest BCUT2D eigenvalue weighted by Crippen LogP contribution is 2.30. The average molecular weight is 313 g/mol. The Kier molecular flexibility index (Phi) is 4.05. The number of benzene rings is 1. The summed E-state index contributed by atoms with van der Waals surface area (Å²) in [6.45, 7) is 1.09. The average Bonchev–Trinajstić information content (AvgIpc) is 2.22. The van der Waals surface area contributed by atoms with Crippen LogP contribution in [0.4, 0.5) is 5.69 Å². The van der Waals surface area contributed by atoms with Crippen molar-refractivity contribution in [2.75, 3.05) is 18.5 Å². The van der Waals surface area contributed by atoms with Gasteiger partial charge in [0.25, 0.3) is 0 Å². The Hall–Kier alpha value is -0.610. The Morgan fingerprint density at radius 1 is 1.53 bits per heavy atom. The van der Waals surface area contributed by atoms with Gasteiger partial charge in [-0.1, -0.05) is 34.6 Å². The van der Waals surface area contributed by atoms with Gasteiger partial charge in [-0.25, -0.2) is 0 Å². The number of hydrogen-bond acceptors (Lipinski definition) is 2. The fourth-order valence-electron chi connectivity index (χ4n) is 2.19. The Labute approximate surface area is 116 Å². The van der Waals surface area contributed by atoms with E-state index in [-0.39, 0.29) is 0 Å². The first kappa shape index (κ1) is 12.8. The molecule has 0 radical (unpaired) electrons. The van der Waals surface area contributed by atoms with Crippen molar-refractivity contribution in [2.45, 2.75) is 19.3 Å². The number of hydrogen-bond donors (Lipinski definition) is 1. The Bertz CT molecular complexity index is 429. The molecular weight excluding hydrogens is 296 g/mol. The molecule has 17 heavy (non-hydrogen) atoms. The van der Waals surface area contributed by atoms with E-state index < -0.39 is 0 Å². The van der Waals surface area contributed by atoms with Crippen LogP contribution in [0.1, 0.15) is 24.8 Å². The second kappa shape index (κ2) is 5.36. The van der Waals surface area contributed by atoms with Gasteiger partial charge >= 0.3 is 0 Å². The summed E-state index contributed by atoms with van der Waals surface area (Å²) in [6, 6.07) is 6.06. The molecule has 0 amide bonds. The largest absolute Gasteiger partial charge is 0.389 e. The third-order valence-corrected chi connectivity index (χ3v) is 4.11. The minimum atomic E-state index is 0.466. The molecular formula is C13H17BrN2S. The lowest BCUT2D eigenvalue weighted by atomic mass is 9.85. The van der Waals surface area contributed by atoms with E-state index in [1.165, 1.54) is 19.3 Å². The van der Waals surface area contributed by atoms with Crippen molar-refractivity contribution in [1.82, 2.24) is 0 Å². The monoisotopic (exact) mass is 312 g/mol. The molecule has 0 atom stereocenters. The normalized spacial score (nSPS) is 15.4. The maximum atomic E-state index is 5.77. The maximum Gasteiger partial charge on any atom is 0.106 e. The molecule has 0 saturated heterocycles. The van der Waals surface area contributed by atoms with Crippen molar-refractivity contribution in [2.24, 2.45) is 11.7 Å². The molecule has 4 heteroatoms. The molecule has 1 fully saturated rings. The van der Waals surface area contributed by atoms with Crippen molar-refractivity contribution in [3.8, 4) is 0 Å². The number of rotatable bonds is 4. The topological polar surface area (TPSA) is 29.3 Å². The molecule has 2 rings (SSSR count). The fraction of sp³-hybridized carbons (Fsp3) is 0.462. The first-order valence-electron chi connectivity index (χ1n) is 5.88. The predicted octanol–water partition coefficient (Wildman–Crippen LogP) is 3.32. The van der Waals surface area contributed by atoms with E-state index in [9.17, 15) is 0 Å². The van der Waals surface area contributed by atoms with Gasteiger partial charge in [0.15, 0.2) is 0 Å². The summed E-state index contributed by atoms with van der Waals surface area (Å²) in [5.74, 6) is 0.832. The third-order valence-electron chi connectivity index (χ3n) is 3.39. The van der Waals surface area contributed by atoms with Crippen LogP contribution in [-0.4, -0.2) is 18.6 Å². The standard InChI is InChI=1S/C13H17BrN2S/c1-16(8-9-3-2-4-9)12-7-10(14)5-6-11(12)13(15)17/h5-7,9H,2-4,8H2,1H3,(H2,15,17). The van der Waals surface area contributed by atoms with Gasteiger partial charge in [-0.2, -0.15) is 0 Å². The van der Waals surface area contributed by atoms with Gasteiger partial charge in [-0.15, -0.1) is 0 Å². The van der Waals surface area contributed by atoms with Crippen LogP contribution in [0.5, 0.6) is 0 Å². The van der Waals surface area contributed by atoms with Crippen LogP contribution in [-0.2, 0) is 0 Å². The lowest BCUT2D eigenvalue weighted by molar-refractivity contribution is 0.321. The second-order valence-electron chi connectivity index (χ2n) is 4.70. The molecule has 0 heterocycles. The van der Waals surface area contributed by atoms with Gasteiger partial charge in [0, 0.05) is 29.3 Å². The summed E-state index contributed by atoms with van der Waals surface area (Å²) >= 11 is 8.60. The quantitative estimate of drug-likeness (QED) is 0.865. The molecule has 1 aromatic carbocycles. The van der Waals surface area contributed by atoms with Gasteiger partial charge in [0.1, 0.15) is 4.99 Å². The fourth-order valence-corrected chi connectivity index (χ4v) is 2.71. The molecule has 92 valence electrons.